The zero-order valence-corrected chi connectivity index (χ0v) is 11.4. The van der Waals surface area contributed by atoms with Crippen molar-refractivity contribution in [2.24, 2.45) is 5.92 Å². The van der Waals surface area contributed by atoms with Gasteiger partial charge in [0.15, 0.2) is 6.61 Å². The van der Waals surface area contributed by atoms with Crippen LogP contribution in [0.25, 0.3) is 0 Å². The number of nitro groups is 1. The van der Waals surface area contributed by atoms with Crippen molar-refractivity contribution < 1.29 is 14.5 Å². The van der Waals surface area contributed by atoms with Gasteiger partial charge in [-0.05, 0) is 12.0 Å². The molecule has 0 aliphatic rings. The van der Waals surface area contributed by atoms with E-state index in [-0.39, 0.29) is 29.0 Å². The summed E-state index contributed by atoms with van der Waals surface area (Å²) in [6.45, 7) is 4.35. The molecule has 1 rings (SSSR count). The van der Waals surface area contributed by atoms with Crippen LogP contribution in [0.3, 0.4) is 0 Å². The summed E-state index contributed by atoms with van der Waals surface area (Å²) in [7, 11) is 0. The Labute approximate surface area is 115 Å². The van der Waals surface area contributed by atoms with E-state index >= 15 is 0 Å². The van der Waals surface area contributed by atoms with Crippen LogP contribution in [0.15, 0.2) is 18.2 Å². The van der Waals surface area contributed by atoms with Crippen molar-refractivity contribution in [1.29, 1.82) is 0 Å². The lowest BCUT2D eigenvalue weighted by Gasteiger charge is -2.09. The largest absolute Gasteiger partial charge is 0.482 e. The normalized spacial score (nSPS) is 10.3. The summed E-state index contributed by atoms with van der Waals surface area (Å²) in [5.74, 6) is 0.335. The molecular formula is C12H15ClN2O4. The molecule has 0 aliphatic heterocycles. The third kappa shape index (κ3) is 5.13. The molecule has 7 heteroatoms. The Hall–Kier alpha value is -1.82. The molecule has 0 saturated heterocycles. The quantitative estimate of drug-likeness (QED) is 0.643. The third-order valence-corrected chi connectivity index (χ3v) is 2.49. The second kappa shape index (κ2) is 6.94. The van der Waals surface area contributed by atoms with Crippen LogP contribution in [0.5, 0.6) is 5.75 Å². The molecular weight excluding hydrogens is 272 g/mol. The Kier molecular flexibility index (Phi) is 5.57. The van der Waals surface area contributed by atoms with Crippen molar-refractivity contribution in [1.82, 2.24) is 5.32 Å². The van der Waals surface area contributed by atoms with Gasteiger partial charge in [0, 0.05) is 18.7 Å². The molecule has 19 heavy (non-hydrogen) atoms. The highest BCUT2D eigenvalue weighted by atomic mass is 35.5. The van der Waals surface area contributed by atoms with Gasteiger partial charge >= 0.3 is 0 Å². The molecule has 0 atom stereocenters. The predicted molar refractivity (Wildman–Crippen MR) is 71.4 cm³/mol. The number of rotatable bonds is 6. The maximum absolute atomic E-state index is 11.4. The van der Waals surface area contributed by atoms with Crippen molar-refractivity contribution in [2.45, 2.75) is 13.8 Å². The lowest BCUT2D eigenvalue weighted by Crippen LogP contribution is -2.31. The lowest BCUT2D eigenvalue weighted by molar-refractivity contribution is -0.384. The first-order valence-electron chi connectivity index (χ1n) is 5.73. The maximum Gasteiger partial charge on any atom is 0.271 e. The van der Waals surface area contributed by atoms with Crippen molar-refractivity contribution in [3.8, 4) is 5.75 Å². The standard InChI is InChI=1S/C12H15ClN2O4/c1-8(2)6-14-12(16)7-19-11-4-3-9(15(17)18)5-10(11)13/h3-5,8H,6-7H2,1-2H3,(H,14,16). The van der Waals surface area contributed by atoms with Gasteiger partial charge in [-0.25, -0.2) is 0 Å². The van der Waals surface area contributed by atoms with Gasteiger partial charge in [0.2, 0.25) is 0 Å². The van der Waals surface area contributed by atoms with Gasteiger partial charge in [-0.3, -0.25) is 14.9 Å². The van der Waals surface area contributed by atoms with Crippen molar-refractivity contribution in [3.63, 3.8) is 0 Å². The number of halogens is 1. The van der Waals surface area contributed by atoms with Gasteiger partial charge < -0.3 is 10.1 Å². The second-order valence-electron chi connectivity index (χ2n) is 4.36. The number of ether oxygens (including phenoxy) is 1. The molecule has 104 valence electrons. The van der Waals surface area contributed by atoms with Crippen LogP contribution in [0.1, 0.15) is 13.8 Å². The Bertz CT molecular complexity index is 477. The molecule has 0 bridgehead atoms. The van der Waals surface area contributed by atoms with E-state index in [2.05, 4.69) is 5.32 Å². The van der Waals surface area contributed by atoms with Crippen LogP contribution in [-0.2, 0) is 4.79 Å². The summed E-state index contributed by atoms with van der Waals surface area (Å²) in [5, 5.41) is 13.3. The van der Waals surface area contributed by atoms with E-state index in [0.29, 0.717) is 12.5 Å². The third-order valence-electron chi connectivity index (χ3n) is 2.19. The monoisotopic (exact) mass is 286 g/mol. The number of carbonyl (C=O) groups excluding carboxylic acids is 1. The number of nitro benzene ring substituents is 1. The zero-order valence-electron chi connectivity index (χ0n) is 10.7. The molecule has 0 radical (unpaired) electrons. The van der Waals surface area contributed by atoms with Crippen molar-refractivity contribution >= 4 is 23.2 Å². The van der Waals surface area contributed by atoms with E-state index in [1.165, 1.54) is 18.2 Å². The zero-order chi connectivity index (χ0) is 14.4. The van der Waals surface area contributed by atoms with Gasteiger partial charge in [0.25, 0.3) is 11.6 Å². The number of nitrogens with zero attached hydrogens (tertiary/aromatic N) is 1. The SMILES string of the molecule is CC(C)CNC(=O)COc1ccc([N+](=O)[O-])cc1Cl. The lowest BCUT2D eigenvalue weighted by atomic mass is 10.2. The number of nitrogens with one attached hydrogen (secondary N) is 1. The van der Waals surface area contributed by atoms with Crippen LogP contribution < -0.4 is 10.1 Å². The minimum atomic E-state index is -0.551. The highest BCUT2D eigenvalue weighted by Gasteiger charge is 2.11. The summed E-state index contributed by atoms with van der Waals surface area (Å²) in [5.41, 5.74) is -0.124. The fourth-order valence-corrected chi connectivity index (χ4v) is 1.46. The van der Waals surface area contributed by atoms with Gasteiger partial charge in [0.05, 0.1) is 9.95 Å². The minimum absolute atomic E-state index is 0.103. The van der Waals surface area contributed by atoms with Crippen LogP contribution in [0.4, 0.5) is 5.69 Å². The topological polar surface area (TPSA) is 81.5 Å². The number of carbonyl (C=O) groups is 1. The summed E-state index contributed by atoms with van der Waals surface area (Å²) in [6.07, 6.45) is 0. The average Bonchev–Trinajstić information content (AvgIpc) is 2.34. The first kappa shape index (κ1) is 15.2. The van der Waals surface area contributed by atoms with Gasteiger partial charge in [-0.15, -0.1) is 0 Å². The number of amides is 1. The van der Waals surface area contributed by atoms with Gasteiger partial charge in [-0.2, -0.15) is 0 Å². The first-order chi connectivity index (χ1) is 8.90. The summed E-state index contributed by atoms with van der Waals surface area (Å²) in [6, 6.07) is 3.83. The molecule has 0 spiro atoms. The van der Waals surface area contributed by atoms with Crippen LogP contribution in [-0.4, -0.2) is 24.0 Å². The molecule has 1 aromatic carbocycles. The average molecular weight is 287 g/mol. The molecule has 0 unspecified atom stereocenters. The van der Waals surface area contributed by atoms with Crippen LogP contribution in [0.2, 0.25) is 5.02 Å². The maximum atomic E-state index is 11.4. The summed E-state index contributed by atoms with van der Waals surface area (Å²) < 4.78 is 5.20. The Morgan fingerprint density at radius 2 is 2.21 bits per heavy atom. The van der Waals surface area contributed by atoms with E-state index in [0.717, 1.165) is 0 Å². The Balaban J connectivity index is 2.54. The van der Waals surface area contributed by atoms with Gasteiger partial charge in [0.1, 0.15) is 5.75 Å². The predicted octanol–water partition coefficient (Wildman–Crippen LogP) is 2.40. The second-order valence-corrected chi connectivity index (χ2v) is 4.77. The van der Waals surface area contributed by atoms with E-state index in [1.807, 2.05) is 13.8 Å². The number of hydrogen-bond acceptors (Lipinski definition) is 4. The van der Waals surface area contributed by atoms with E-state index in [4.69, 9.17) is 16.3 Å². The van der Waals surface area contributed by atoms with E-state index in [1.54, 1.807) is 0 Å². The molecule has 0 aromatic heterocycles. The molecule has 6 nitrogen and oxygen atoms in total. The molecule has 0 aliphatic carbocycles. The van der Waals surface area contributed by atoms with Crippen molar-refractivity contribution in [2.75, 3.05) is 13.2 Å². The highest BCUT2D eigenvalue weighted by molar-refractivity contribution is 6.32. The Morgan fingerprint density at radius 3 is 2.74 bits per heavy atom. The fraction of sp³-hybridized carbons (Fsp3) is 0.417. The van der Waals surface area contributed by atoms with E-state index in [9.17, 15) is 14.9 Å². The summed E-state index contributed by atoms with van der Waals surface area (Å²) in [4.78, 5) is 21.4. The summed E-state index contributed by atoms with van der Waals surface area (Å²) >= 11 is 5.82. The number of non-ortho nitro benzene ring substituents is 1. The molecule has 1 N–H and O–H groups in total. The smallest absolute Gasteiger partial charge is 0.271 e. The van der Waals surface area contributed by atoms with Gasteiger partial charge in [-0.1, -0.05) is 25.4 Å². The van der Waals surface area contributed by atoms with Crippen LogP contribution >= 0.6 is 11.6 Å². The first-order valence-corrected chi connectivity index (χ1v) is 6.11. The Morgan fingerprint density at radius 1 is 1.53 bits per heavy atom. The number of benzene rings is 1. The molecule has 1 amide bonds. The van der Waals surface area contributed by atoms with Crippen molar-refractivity contribution in [3.05, 3.63) is 33.3 Å². The molecule has 1 aromatic rings. The molecule has 0 fully saturated rings. The fourth-order valence-electron chi connectivity index (χ4n) is 1.23. The minimum Gasteiger partial charge on any atom is -0.482 e. The number of hydrogen-bond donors (Lipinski definition) is 1. The molecule has 0 heterocycles. The van der Waals surface area contributed by atoms with E-state index < -0.39 is 4.92 Å². The highest BCUT2D eigenvalue weighted by Crippen LogP contribution is 2.28. The molecule has 0 saturated carbocycles. The van der Waals surface area contributed by atoms with Crippen LogP contribution in [0, 0.1) is 16.0 Å².